The van der Waals surface area contributed by atoms with Gasteiger partial charge in [-0.3, -0.25) is 4.98 Å². The predicted octanol–water partition coefficient (Wildman–Crippen LogP) is 4.83. The summed E-state index contributed by atoms with van der Waals surface area (Å²) in [5.41, 5.74) is 5.98. The largest absolute Gasteiger partial charge is 0.495 e. The summed E-state index contributed by atoms with van der Waals surface area (Å²) in [6.45, 7) is 2.00. The van der Waals surface area contributed by atoms with Crippen molar-refractivity contribution in [3.8, 4) is 17.2 Å². The first-order chi connectivity index (χ1) is 15.7. The molecular weight excluding hydrogens is 402 g/mol. The molecule has 0 bridgehead atoms. The van der Waals surface area contributed by atoms with E-state index in [1.807, 2.05) is 18.2 Å². The molecule has 2 heterocycles. The third-order valence-corrected chi connectivity index (χ3v) is 6.79. The van der Waals surface area contributed by atoms with Gasteiger partial charge in [-0.25, -0.2) is 0 Å². The second-order valence-corrected chi connectivity index (χ2v) is 8.57. The summed E-state index contributed by atoms with van der Waals surface area (Å²) in [7, 11) is 5.10. The van der Waals surface area contributed by atoms with Crippen molar-refractivity contribution < 1.29 is 14.2 Å². The molecule has 1 aliphatic carbocycles. The lowest BCUT2D eigenvalue weighted by atomic mass is 10.0. The lowest BCUT2D eigenvalue weighted by Crippen LogP contribution is -2.39. The number of para-hydroxylation sites is 2. The summed E-state index contributed by atoms with van der Waals surface area (Å²) in [5.74, 6) is 2.41. The van der Waals surface area contributed by atoms with E-state index in [0.717, 1.165) is 73.3 Å². The molecule has 1 N–H and O–H groups in total. The van der Waals surface area contributed by atoms with Crippen LogP contribution in [0, 0.1) is 0 Å². The minimum atomic E-state index is 0.421. The van der Waals surface area contributed by atoms with Crippen LogP contribution in [0.2, 0.25) is 0 Å². The lowest BCUT2D eigenvalue weighted by molar-refractivity contribution is 0.356. The van der Waals surface area contributed by atoms with Gasteiger partial charge in [0.2, 0.25) is 0 Å². The third kappa shape index (κ3) is 3.68. The number of pyridine rings is 1. The summed E-state index contributed by atoms with van der Waals surface area (Å²) >= 11 is 0. The number of hydrogen-bond acceptors (Lipinski definition) is 6. The van der Waals surface area contributed by atoms with E-state index in [9.17, 15) is 0 Å². The molecule has 0 atom stereocenters. The van der Waals surface area contributed by atoms with Gasteiger partial charge >= 0.3 is 0 Å². The van der Waals surface area contributed by atoms with E-state index in [2.05, 4.69) is 28.4 Å². The number of aryl methyl sites for hydroxylation is 1. The molecule has 168 valence electrons. The van der Waals surface area contributed by atoms with Gasteiger partial charge in [-0.05, 0) is 55.9 Å². The van der Waals surface area contributed by atoms with Crippen LogP contribution < -0.4 is 24.4 Å². The number of nitrogens with one attached hydrogen (secondary N) is 1. The van der Waals surface area contributed by atoms with Crippen LogP contribution in [0.15, 0.2) is 36.4 Å². The van der Waals surface area contributed by atoms with Crippen LogP contribution in [0.1, 0.15) is 30.5 Å². The van der Waals surface area contributed by atoms with E-state index < -0.39 is 0 Å². The molecule has 6 heteroatoms. The standard InChI is InChI=1S/C26H31N3O3/c1-30-23-10-5-4-9-22(23)29-13-11-17(12-14-29)27-26-18-7-6-8-20(18)28-21-16-25(32-3)24(31-2)15-19(21)26/h4-5,9-10,15-17H,6-8,11-14H2,1-3H3,(H,27,28). The molecule has 0 unspecified atom stereocenters. The van der Waals surface area contributed by atoms with E-state index >= 15 is 0 Å². The van der Waals surface area contributed by atoms with E-state index in [-0.39, 0.29) is 0 Å². The second kappa shape index (κ2) is 8.77. The third-order valence-electron chi connectivity index (χ3n) is 6.79. The Morgan fingerprint density at radius 1 is 0.906 bits per heavy atom. The number of piperidine rings is 1. The van der Waals surface area contributed by atoms with Gasteiger partial charge in [0.1, 0.15) is 5.75 Å². The first-order valence-electron chi connectivity index (χ1n) is 11.4. The molecule has 0 spiro atoms. The average molecular weight is 434 g/mol. The Balaban J connectivity index is 1.42. The Morgan fingerprint density at radius 2 is 1.62 bits per heavy atom. The van der Waals surface area contributed by atoms with Crippen molar-refractivity contribution >= 4 is 22.3 Å². The monoisotopic (exact) mass is 433 g/mol. The van der Waals surface area contributed by atoms with E-state index in [1.54, 1.807) is 21.3 Å². The smallest absolute Gasteiger partial charge is 0.162 e. The zero-order valence-corrected chi connectivity index (χ0v) is 19.1. The highest BCUT2D eigenvalue weighted by Gasteiger charge is 2.26. The van der Waals surface area contributed by atoms with Crippen LogP contribution >= 0.6 is 0 Å². The number of anilines is 2. The Bertz CT molecular complexity index is 1120. The summed E-state index contributed by atoms with van der Waals surface area (Å²) < 4.78 is 16.7. The van der Waals surface area contributed by atoms with Gasteiger partial charge in [-0.15, -0.1) is 0 Å². The Morgan fingerprint density at radius 3 is 2.38 bits per heavy atom. The highest BCUT2D eigenvalue weighted by Crippen LogP contribution is 2.40. The van der Waals surface area contributed by atoms with Gasteiger partial charge in [0.25, 0.3) is 0 Å². The summed E-state index contributed by atoms with van der Waals surface area (Å²) in [4.78, 5) is 7.40. The molecule has 1 saturated heterocycles. The van der Waals surface area contributed by atoms with Crippen molar-refractivity contribution in [2.45, 2.75) is 38.1 Å². The van der Waals surface area contributed by atoms with Crippen molar-refractivity contribution in [2.75, 3.05) is 44.6 Å². The fourth-order valence-electron chi connectivity index (χ4n) is 5.11. The van der Waals surface area contributed by atoms with Crippen molar-refractivity contribution in [2.24, 2.45) is 0 Å². The highest BCUT2D eigenvalue weighted by atomic mass is 16.5. The maximum absolute atomic E-state index is 5.59. The zero-order chi connectivity index (χ0) is 22.1. The number of rotatable bonds is 6. The number of aromatic nitrogens is 1. The zero-order valence-electron chi connectivity index (χ0n) is 19.1. The number of methoxy groups -OCH3 is 3. The summed E-state index contributed by atoms with van der Waals surface area (Å²) in [6, 6.07) is 12.8. The quantitative estimate of drug-likeness (QED) is 0.601. The molecule has 0 amide bonds. The van der Waals surface area contributed by atoms with Crippen LogP contribution in [0.4, 0.5) is 11.4 Å². The number of benzene rings is 2. The SMILES string of the molecule is COc1cc2nc3c(c(NC4CCN(c5ccccc5OC)CC4)c2cc1OC)CCC3. The van der Waals surface area contributed by atoms with Crippen molar-refractivity contribution in [3.63, 3.8) is 0 Å². The van der Waals surface area contributed by atoms with Gasteiger partial charge in [0.15, 0.2) is 11.5 Å². The molecule has 2 aliphatic rings. The molecule has 32 heavy (non-hydrogen) atoms. The van der Waals surface area contributed by atoms with Crippen molar-refractivity contribution in [3.05, 3.63) is 47.7 Å². The van der Waals surface area contributed by atoms with E-state index in [4.69, 9.17) is 19.2 Å². The fraction of sp³-hybridized carbons (Fsp3) is 0.423. The lowest BCUT2D eigenvalue weighted by Gasteiger charge is -2.35. The normalized spacial score (nSPS) is 16.2. The minimum Gasteiger partial charge on any atom is -0.495 e. The minimum absolute atomic E-state index is 0.421. The molecule has 1 fully saturated rings. The molecule has 1 aliphatic heterocycles. The molecule has 3 aromatic rings. The van der Waals surface area contributed by atoms with Crippen LogP contribution in [0.5, 0.6) is 17.2 Å². The van der Waals surface area contributed by atoms with Crippen LogP contribution in [0.3, 0.4) is 0 Å². The fourth-order valence-corrected chi connectivity index (χ4v) is 5.11. The molecule has 0 saturated carbocycles. The van der Waals surface area contributed by atoms with Crippen molar-refractivity contribution in [1.82, 2.24) is 4.98 Å². The number of hydrogen-bond donors (Lipinski definition) is 1. The molecule has 0 radical (unpaired) electrons. The van der Waals surface area contributed by atoms with Crippen molar-refractivity contribution in [1.29, 1.82) is 0 Å². The van der Waals surface area contributed by atoms with Gasteiger partial charge in [-0.1, -0.05) is 12.1 Å². The Hall–Kier alpha value is -3.15. The Kier molecular flexibility index (Phi) is 5.68. The molecule has 5 rings (SSSR count). The topological polar surface area (TPSA) is 55.9 Å². The number of ether oxygens (including phenoxy) is 3. The number of fused-ring (bicyclic) bond motifs is 2. The molecule has 2 aromatic carbocycles. The summed E-state index contributed by atoms with van der Waals surface area (Å²) in [6.07, 6.45) is 5.43. The average Bonchev–Trinajstić information content (AvgIpc) is 3.32. The first-order valence-corrected chi connectivity index (χ1v) is 11.4. The van der Waals surface area contributed by atoms with Gasteiger partial charge in [0.05, 0.1) is 32.5 Å². The van der Waals surface area contributed by atoms with E-state index in [0.29, 0.717) is 6.04 Å². The maximum Gasteiger partial charge on any atom is 0.162 e. The van der Waals surface area contributed by atoms with E-state index in [1.165, 1.54) is 22.6 Å². The van der Waals surface area contributed by atoms with Gasteiger partial charge in [-0.2, -0.15) is 0 Å². The van der Waals surface area contributed by atoms with Gasteiger partial charge in [0, 0.05) is 42.0 Å². The first kappa shape index (κ1) is 20.7. The molecular formula is C26H31N3O3. The maximum atomic E-state index is 5.59. The van der Waals surface area contributed by atoms with Crippen LogP contribution in [0.25, 0.3) is 10.9 Å². The highest BCUT2D eigenvalue weighted by molar-refractivity contribution is 5.96. The second-order valence-electron chi connectivity index (χ2n) is 8.57. The predicted molar refractivity (Wildman–Crippen MR) is 129 cm³/mol. The van der Waals surface area contributed by atoms with Crippen LogP contribution in [-0.4, -0.2) is 45.4 Å². The Labute approximate surface area is 189 Å². The summed E-state index contributed by atoms with van der Waals surface area (Å²) in [5, 5.41) is 5.04. The number of nitrogens with zero attached hydrogens (tertiary/aromatic N) is 2. The van der Waals surface area contributed by atoms with Crippen LogP contribution in [-0.2, 0) is 12.8 Å². The van der Waals surface area contributed by atoms with Gasteiger partial charge < -0.3 is 24.4 Å². The molecule has 6 nitrogen and oxygen atoms in total. The molecule has 1 aromatic heterocycles.